The van der Waals surface area contributed by atoms with Crippen molar-refractivity contribution < 1.29 is 10.2 Å². The van der Waals surface area contributed by atoms with Crippen LogP contribution in [0.25, 0.3) is 11.1 Å². The fourth-order valence-electron chi connectivity index (χ4n) is 4.85. The van der Waals surface area contributed by atoms with Crippen molar-refractivity contribution in [3.63, 3.8) is 0 Å². The van der Waals surface area contributed by atoms with E-state index in [0.717, 1.165) is 12.0 Å². The molecule has 0 aliphatic heterocycles. The molecule has 0 heterocycles. The first-order chi connectivity index (χ1) is 13.2. The molecule has 2 heteroatoms. The molecule has 1 atom stereocenters. The minimum Gasteiger partial charge on any atom is -0.508 e. The van der Waals surface area contributed by atoms with Crippen molar-refractivity contribution in [2.75, 3.05) is 0 Å². The highest BCUT2D eigenvalue weighted by Gasteiger charge is 2.48. The van der Waals surface area contributed by atoms with Gasteiger partial charge in [-0.2, -0.15) is 0 Å². The molecule has 1 unspecified atom stereocenters. The van der Waals surface area contributed by atoms with Gasteiger partial charge in [-0.05, 0) is 64.4 Å². The van der Waals surface area contributed by atoms with Gasteiger partial charge in [-0.3, -0.25) is 0 Å². The number of fused-ring (bicyclic) bond motifs is 3. The number of hydrogen-bond donors (Lipinski definition) is 2. The number of benzene rings is 3. The van der Waals surface area contributed by atoms with Gasteiger partial charge in [0, 0.05) is 0 Å². The van der Waals surface area contributed by atoms with E-state index in [2.05, 4.69) is 54.6 Å². The summed E-state index contributed by atoms with van der Waals surface area (Å²) in [6.07, 6.45) is 6.59. The zero-order chi connectivity index (χ0) is 18.4. The molecule has 2 nitrogen and oxygen atoms in total. The number of phenolic OH excluding ortho intramolecular Hbond substituents is 1. The Labute approximate surface area is 158 Å². The zero-order valence-corrected chi connectivity index (χ0v) is 14.8. The standard InChI is InChI=1S/C25H20O2/c26-19-13-9-17(10-14-19)25(18-11-15-20(27)16-12-18)23-7-3-1-5-21(23)22-6-2-4-8-24(22)25/h1-11,13-16,18,26-27H,12H2. The number of aromatic hydroxyl groups is 1. The van der Waals surface area contributed by atoms with Crippen LogP contribution in [0.5, 0.6) is 5.75 Å². The van der Waals surface area contributed by atoms with Crippen molar-refractivity contribution >= 4 is 0 Å². The van der Waals surface area contributed by atoms with Crippen LogP contribution in [0.15, 0.2) is 96.8 Å². The molecule has 0 spiro atoms. The third-order valence-corrected chi connectivity index (χ3v) is 5.95. The molecule has 2 aliphatic carbocycles. The number of allylic oxidation sites excluding steroid dienone is 3. The molecule has 2 N–H and O–H groups in total. The number of rotatable bonds is 2. The lowest BCUT2D eigenvalue weighted by Crippen LogP contribution is -2.35. The van der Waals surface area contributed by atoms with E-state index in [-0.39, 0.29) is 17.1 Å². The zero-order valence-electron chi connectivity index (χ0n) is 14.8. The van der Waals surface area contributed by atoms with Crippen molar-refractivity contribution in [1.82, 2.24) is 0 Å². The van der Waals surface area contributed by atoms with Gasteiger partial charge < -0.3 is 10.2 Å². The highest BCUT2D eigenvalue weighted by Crippen LogP contribution is 2.57. The Morgan fingerprint density at radius 1 is 0.741 bits per heavy atom. The van der Waals surface area contributed by atoms with E-state index in [4.69, 9.17) is 0 Å². The summed E-state index contributed by atoms with van der Waals surface area (Å²) in [6.45, 7) is 0. The van der Waals surface area contributed by atoms with Crippen molar-refractivity contribution in [2.45, 2.75) is 11.8 Å². The topological polar surface area (TPSA) is 40.5 Å². The maximum atomic E-state index is 9.89. The van der Waals surface area contributed by atoms with Gasteiger partial charge in [-0.1, -0.05) is 66.7 Å². The first kappa shape index (κ1) is 16.0. The third kappa shape index (κ3) is 2.20. The molecule has 0 saturated carbocycles. The average molecular weight is 352 g/mol. The quantitative estimate of drug-likeness (QED) is 0.619. The number of phenols is 1. The summed E-state index contributed by atoms with van der Waals surface area (Å²) in [4.78, 5) is 0. The molecule has 5 rings (SSSR count). The molecule has 3 aromatic rings. The molecular weight excluding hydrogens is 332 g/mol. The normalized spacial score (nSPS) is 19.3. The van der Waals surface area contributed by atoms with Crippen molar-refractivity contribution in [1.29, 1.82) is 0 Å². The van der Waals surface area contributed by atoms with E-state index in [1.807, 2.05) is 18.2 Å². The predicted octanol–water partition coefficient (Wildman–Crippen LogP) is 5.73. The number of hydrogen-bond acceptors (Lipinski definition) is 2. The van der Waals surface area contributed by atoms with Crippen LogP contribution in [-0.2, 0) is 5.41 Å². The van der Waals surface area contributed by atoms with Crippen LogP contribution in [0.2, 0.25) is 0 Å². The second kappa shape index (κ2) is 5.88. The molecule has 2 aliphatic rings. The maximum Gasteiger partial charge on any atom is 0.115 e. The molecule has 132 valence electrons. The van der Waals surface area contributed by atoms with E-state index in [1.54, 1.807) is 18.2 Å². The first-order valence-electron chi connectivity index (χ1n) is 9.27. The Hall–Kier alpha value is -3.26. The van der Waals surface area contributed by atoms with Crippen molar-refractivity contribution in [3.05, 3.63) is 113 Å². The van der Waals surface area contributed by atoms with E-state index >= 15 is 0 Å². The monoisotopic (exact) mass is 352 g/mol. The largest absolute Gasteiger partial charge is 0.508 e. The van der Waals surface area contributed by atoms with Crippen molar-refractivity contribution in [3.8, 4) is 16.9 Å². The third-order valence-electron chi connectivity index (χ3n) is 5.95. The molecule has 0 fully saturated rings. The molecule has 0 amide bonds. The minimum atomic E-state index is -0.353. The van der Waals surface area contributed by atoms with Crippen LogP contribution in [0.1, 0.15) is 23.1 Å². The lowest BCUT2D eigenvalue weighted by Gasteiger charge is -2.39. The second-order valence-electron chi connectivity index (χ2n) is 7.28. The fraction of sp³-hybridized carbons (Fsp3) is 0.120. The SMILES string of the molecule is OC1=CCC(C2(c3ccc(O)cc3)c3ccccc3-c3ccccc32)C=C1. The molecule has 0 aromatic heterocycles. The summed E-state index contributed by atoms with van der Waals surface area (Å²) in [7, 11) is 0. The highest BCUT2D eigenvalue weighted by atomic mass is 16.3. The fourth-order valence-corrected chi connectivity index (χ4v) is 4.85. The predicted molar refractivity (Wildman–Crippen MR) is 108 cm³/mol. The van der Waals surface area contributed by atoms with Crippen LogP contribution in [0.3, 0.4) is 0 Å². The van der Waals surface area contributed by atoms with Gasteiger partial charge in [0.25, 0.3) is 0 Å². The van der Waals surface area contributed by atoms with Gasteiger partial charge in [0.2, 0.25) is 0 Å². The van der Waals surface area contributed by atoms with Crippen LogP contribution >= 0.6 is 0 Å². The Kier molecular flexibility index (Phi) is 3.48. The Balaban J connectivity index is 1.86. The average Bonchev–Trinajstić information content (AvgIpc) is 3.01. The van der Waals surface area contributed by atoms with Gasteiger partial charge in [0.15, 0.2) is 0 Å². The summed E-state index contributed by atoms with van der Waals surface area (Å²) in [5.41, 5.74) is 5.88. The first-order valence-corrected chi connectivity index (χ1v) is 9.27. The Bertz CT molecular complexity index is 1030. The highest BCUT2D eigenvalue weighted by molar-refractivity contribution is 5.84. The van der Waals surface area contributed by atoms with Gasteiger partial charge in [-0.25, -0.2) is 0 Å². The molecule has 27 heavy (non-hydrogen) atoms. The summed E-state index contributed by atoms with van der Waals surface area (Å²) < 4.78 is 0. The lowest BCUT2D eigenvalue weighted by atomic mass is 9.62. The number of aliphatic hydroxyl groups is 1. The minimum absolute atomic E-state index is 0.169. The van der Waals surface area contributed by atoms with Gasteiger partial charge in [-0.15, -0.1) is 0 Å². The van der Waals surface area contributed by atoms with Crippen LogP contribution in [0.4, 0.5) is 0 Å². The smallest absolute Gasteiger partial charge is 0.115 e. The van der Waals surface area contributed by atoms with Gasteiger partial charge in [0.05, 0.1) is 5.41 Å². The summed E-state index contributed by atoms with van der Waals surface area (Å²) >= 11 is 0. The van der Waals surface area contributed by atoms with E-state index in [9.17, 15) is 10.2 Å². The lowest BCUT2D eigenvalue weighted by molar-refractivity contribution is 0.400. The summed E-state index contributed by atoms with van der Waals surface area (Å²) in [6, 6.07) is 24.8. The van der Waals surface area contributed by atoms with E-state index < -0.39 is 0 Å². The van der Waals surface area contributed by atoms with Crippen LogP contribution in [-0.4, -0.2) is 10.2 Å². The molecule has 3 aromatic carbocycles. The summed E-state index contributed by atoms with van der Waals surface area (Å²) in [5.74, 6) is 0.764. The molecular formula is C25H20O2. The summed E-state index contributed by atoms with van der Waals surface area (Å²) in [5, 5.41) is 19.8. The van der Waals surface area contributed by atoms with E-state index in [1.165, 1.54) is 22.3 Å². The molecule has 0 bridgehead atoms. The van der Waals surface area contributed by atoms with Crippen molar-refractivity contribution in [2.24, 2.45) is 5.92 Å². The Morgan fingerprint density at radius 2 is 1.33 bits per heavy atom. The maximum absolute atomic E-state index is 9.89. The van der Waals surface area contributed by atoms with Crippen LogP contribution in [0, 0.1) is 5.92 Å². The van der Waals surface area contributed by atoms with E-state index in [0.29, 0.717) is 5.76 Å². The van der Waals surface area contributed by atoms with Crippen LogP contribution < -0.4 is 0 Å². The Morgan fingerprint density at radius 3 is 1.89 bits per heavy atom. The number of aliphatic hydroxyl groups excluding tert-OH is 1. The second-order valence-corrected chi connectivity index (χ2v) is 7.28. The molecule has 0 saturated heterocycles. The van der Waals surface area contributed by atoms with Gasteiger partial charge >= 0.3 is 0 Å². The molecule has 0 radical (unpaired) electrons. The van der Waals surface area contributed by atoms with Gasteiger partial charge in [0.1, 0.15) is 11.5 Å².